The summed E-state index contributed by atoms with van der Waals surface area (Å²) >= 11 is 6.08. The van der Waals surface area contributed by atoms with E-state index in [-0.39, 0.29) is 11.8 Å². The molecule has 0 aromatic carbocycles. The van der Waals surface area contributed by atoms with Crippen molar-refractivity contribution in [3.8, 4) is 0 Å². The number of hydrogen-bond donors (Lipinski definition) is 1. The molecule has 0 aliphatic heterocycles. The van der Waals surface area contributed by atoms with Gasteiger partial charge in [0.25, 0.3) is 0 Å². The van der Waals surface area contributed by atoms with Gasteiger partial charge in [-0.2, -0.15) is 0 Å². The number of carbonyl (C=O) groups is 2. The molecule has 0 fully saturated rings. The molecule has 0 amide bonds. The summed E-state index contributed by atoms with van der Waals surface area (Å²) in [6.07, 6.45) is 0.151. The molecule has 94 valence electrons. The number of carbonyl (C=O) groups excluding carboxylic acids is 1. The summed E-state index contributed by atoms with van der Waals surface area (Å²) in [7, 11) is 0. The van der Waals surface area contributed by atoms with Crippen LogP contribution in [0.1, 0.15) is 27.2 Å². The Hall–Kier alpha value is -0.100. The van der Waals surface area contributed by atoms with Crippen molar-refractivity contribution in [2.45, 2.75) is 36.8 Å². The first-order valence-corrected chi connectivity index (χ1v) is 6.64. The maximum absolute atomic E-state index is 11.5. The second-order valence-corrected chi connectivity index (χ2v) is 6.89. The van der Waals surface area contributed by atoms with Crippen molar-refractivity contribution >= 4 is 43.8 Å². The van der Waals surface area contributed by atoms with Crippen molar-refractivity contribution < 1.29 is 19.4 Å². The highest BCUT2D eigenvalue weighted by Crippen LogP contribution is 2.18. The second-order valence-electron chi connectivity index (χ2n) is 4.68. The van der Waals surface area contributed by atoms with Gasteiger partial charge >= 0.3 is 11.9 Å². The zero-order chi connectivity index (χ0) is 12.9. The summed E-state index contributed by atoms with van der Waals surface area (Å²) in [5.41, 5.74) is -0.0943. The maximum Gasteiger partial charge on any atom is 0.319 e. The average molecular weight is 360 g/mol. The Balaban J connectivity index is 4.05. The molecule has 1 N–H and O–H groups in total. The number of carboxylic acids is 1. The second kappa shape index (κ2) is 6.59. The van der Waals surface area contributed by atoms with Gasteiger partial charge in [-0.15, -0.1) is 0 Å². The van der Waals surface area contributed by atoms with Gasteiger partial charge in [0.1, 0.15) is 9.65 Å². The number of halogens is 2. The van der Waals surface area contributed by atoms with Crippen molar-refractivity contribution in [3.63, 3.8) is 0 Å². The van der Waals surface area contributed by atoms with Gasteiger partial charge in [0.15, 0.2) is 0 Å². The predicted octanol–water partition coefficient (Wildman–Crippen LogP) is 2.58. The van der Waals surface area contributed by atoms with Crippen LogP contribution in [-0.2, 0) is 14.3 Å². The fraction of sp³-hybridized carbons (Fsp3) is 0.800. The van der Waals surface area contributed by atoms with Crippen LogP contribution in [-0.4, -0.2) is 33.3 Å². The molecule has 2 unspecified atom stereocenters. The summed E-state index contributed by atoms with van der Waals surface area (Å²) < 4.78 is 5.05. The molecular weight excluding hydrogens is 344 g/mol. The van der Waals surface area contributed by atoms with Crippen molar-refractivity contribution in [2.24, 2.45) is 5.41 Å². The molecule has 2 atom stereocenters. The van der Waals surface area contributed by atoms with Gasteiger partial charge in [0.2, 0.25) is 0 Å². The van der Waals surface area contributed by atoms with Crippen LogP contribution in [0.4, 0.5) is 0 Å². The van der Waals surface area contributed by atoms with Crippen LogP contribution in [0.3, 0.4) is 0 Å². The molecule has 0 saturated heterocycles. The Morgan fingerprint density at radius 2 is 1.75 bits per heavy atom. The third kappa shape index (κ3) is 7.22. The molecule has 0 heterocycles. The highest BCUT2D eigenvalue weighted by Gasteiger charge is 2.25. The molecule has 6 heteroatoms. The number of carboxylic acid groups (broad SMARTS) is 1. The highest BCUT2D eigenvalue weighted by atomic mass is 79.9. The number of rotatable bonds is 5. The summed E-state index contributed by atoms with van der Waals surface area (Å²) in [6.45, 7) is 6.17. The Labute approximate surface area is 112 Å². The molecular formula is C10H16Br2O4. The standard InChI is InChI=1S/C10H16Br2O4/c1-10(2,3)5-16-9(15)7(12)4-6(11)8(13)14/h6-7H,4-5H2,1-3H3,(H,13,14). The van der Waals surface area contributed by atoms with Crippen LogP contribution in [0.25, 0.3) is 0 Å². The first kappa shape index (κ1) is 15.9. The van der Waals surface area contributed by atoms with Gasteiger partial charge in [-0.05, 0) is 11.8 Å². The largest absolute Gasteiger partial charge is 0.480 e. The van der Waals surface area contributed by atoms with Gasteiger partial charge in [-0.25, -0.2) is 0 Å². The molecule has 0 aromatic heterocycles. The van der Waals surface area contributed by atoms with E-state index in [1.54, 1.807) is 0 Å². The van der Waals surface area contributed by atoms with Crippen molar-refractivity contribution in [3.05, 3.63) is 0 Å². The van der Waals surface area contributed by atoms with Crippen LogP contribution in [0.5, 0.6) is 0 Å². The lowest BCUT2D eigenvalue weighted by molar-refractivity contribution is -0.145. The summed E-state index contributed by atoms with van der Waals surface area (Å²) in [6, 6.07) is 0. The van der Waals surface area contributed by atoms with E-state index in [4.69, 9.17) is 9.84 Å². The number of alkyl halides is 2. The minimum atomic E-state index is -0.993. The summed E-state index contributed by atoms with van der Waals surface area (Å²) in [5, 5.41) is 8.65. The zero-order valence-corrected chi connectivity index (χ0v) is 12.7. The molecule has 4 nitrogen and oxygen atoms in total. The van der Waals surface area contributed by atoms with E-state index in [2.05, 4.69) is 31.9 Å². The maximum atomic E-state index is 11.5. The fourth-order valence-corrected chi connectivity index (χ4v) is 2.14. The first-order chi connectivity index (χ1) is 7.13. The quantitative estimate of drug-likeness (QED) is 0.605. The topological polar surface area (TPSA) is 63.6 Å². The number of hydrogen-bond acceptors (Lipinski definition) is 3. The van der Waals surface area contributed by atoms with Gasteiger partial charge in [0.05, 0.1) is 6.61 Å². The molecule has 0 bridgehead atoms. The Morgan fingerprint density at radius 3 is 2.12 bits per heavy atom. The van der Waals surface area contributed by atoms with E-state index in [0.717, 1.165) is 0 Å². The van der Waals surface area contributed by atoms with Gasteiger partial charge in [-0.1, -0.05) is 52.6 Å². The molecule has 0 aromatic rings. The molecule has 0 saturated carbocycles. The van der Waals surface area contributed by atoms with Crippen molar-refractivity contribution in [1.82, 2.24) is 0 Å². The SMILES string of the molecule is CC(C)(C)COC(=O)C(Br)CC(Br)C(=O)O. The lowest BCUT2D eigenvalue weighted by atomic mass is 9.99. The fourth-order valence-electron chi connectivity index (χ4n) is 0.757. The third-order valence-electron chi connectivity index (χ3n) is 1.59. The summed E-state index contributed by atoms with van der Waals surface area (Å²) in [5.74, 6) is -1.42. The number of esters is 1. The predicted molar refractivity (Wildman–Crippen MR) is 68.1 cm³/mol. The smallest absolute Gasteiger partial charge is 0.319 e. The molecule has 0 radical (unpaired) electrons. The minimum absolute atomic E-state index is 0.0943. The van der Waals surface area contributed by atoms with Gasteiger partial charge in [-0.3, -0.25) is 9.59 Å². The van der Waals surface area contributed by atoms with E-state index >= 15 is 0 Å². The van der Waals surface area contributed by atoms with Crippen LogP contribution in [0.15, 0.2) is 0 Å². The lowest BCUT2D eigenvalue weighted by Crippen LogP contribution is -2.27. The Kier molecular flexibility index (Phi) is 6.55. The lowest BCUT2D eigenvalue weighted by Gasteiger charge is -2.19. The van der Waals surface area contributed by atoms with E-state index < -0.39 is 21.6 Å². The van der Waals surface area contributed by atoms with E-state index in [0.29, 0.717) is 6.61 Å². The van der Waals surface area contributed by atoms with E-state index in [1.807, 2.05) is 20.8 Å². The van der Waals surface area contributed by atoms with E-state index in [1.165, 1.54) is 0 Å². The van der Waals surface area contributed by atoms with Crippen LogP contribution < -0.4 is 0 Å². The van der Waals surface area contributed by atoms with Crippen LogP contribution >= 0.6 is 31.9 Å². The van der Waals surface area contributed by atoms with Crippen LogP contribution in [0.2, 0.25) is 0 Å². The monoisotopic (exact) mass is 358 g/mol. The molecule has 0 rings (SSSR count). The molecule has 0 aliphatic carbocycles. The van der Waals surface area contributed by atoms with Crippen molar-refractivity contribution in [1.29, 1.82) is 0 Å². The third-order valence-corrected chi connectivity index (χ3v) is 3.10. The zero-order valence-electron chi connectivity index (χ0n) is 9.50. The Bertz CT molecular complexity index is 260. The normalized spacial score (nSPS) is 15.3. The Morgan fingerprint density at radius 1 is 1.25 bits per heavy atom. The van der Waals surface area contributed by atoms with Gasteiger partial charge < -0.3 is 9.84 Å². The minimum Gasteiger partial charge on any atom is -0.480 e. The van der Waals surface area contributed by atoms with E-state index in [9.17, 15) is 9.59 Å². The number of aliphatic carboxylic acids is 1. The van der Waals surface area contributed by atoms with Crippen LogP contribution in [0, 0.1) is 5.41 Å². The van der Waals surface area contributed by atoms with Gasteiger partial charge in [0, 0.05) is 0 Å². The van der Waals surface area contributed by atoms with Crippen molar-refractivity contribution in [2.75, 3.05) is 6.61 Å². The molecule has 0 spiro atoms. The average Bonchev–Trinajstić information content (AvgIpc) is 2.12. The summed E-state index contributed by atoms with van der Waals surface area (Å²) in [4.78, 5) is 20.7. The molecule has 16 heavy (non-hydrogen) atoms. The number of ether oxygens (including phenoxy) is 1. The molecule has 0 aliphatic rings. The first-order valence-electron chi connectivity index (χ1n) is 4.81. The highest BCUT2D eigenvalue weighted by molar-refractivity contribution is 9.10.